The minimum Gasteiger partial charge on any atom is -0.465 e. The van der Waals surface area contributed by atoms with Gasteiger partial charge in [-0.05, 0) is 44.2 Å². The molecule has 0 saturated carbocycles. The second-order valence-electron chi connectivity index (χ2n) is 8.25. The molecule has 0 radical (unpaired) electrons. The van der Waals surface area contributed by atoms with Crippen molar-refractivity contribution in [1.29, 1.82) is 0 Å². The highest BCUT2D eigenvalue weighted by molar-refractivity contribution is 5.77. The van der Waals surface area contributed by atoms with Gasteiger partial charge < -0.3 is 9.47 Å². The molecular weight excluding hydrogens is 414 g/mol. The minimum absolute atomic E-state index is 0.00668. The molecule has 0 saturated heterocycles. The third-order valence-electron chi connectivity index (χ3n) is 5.46. The van der Waals surface area contributed by atoms with E-state index in [2.05, 4.69) is 50.2 Å². The molecule has 3 rings (SSSR count). The molecule has 3 aromatic rings. The molecule has 3 aromatic carbocycles. The van der Waals surface area contributed by atoms with Crippen molar-refractivity contribution in [3.05, 3.63) is 96.9 Å². The van der Waals surface area contributed by atoms with E-state index >= 15 is 0 Å². The van der Waals surface area contributed by atoms with E-state index in [-0.39, 0.29) is 24.5 Å². The zero-order valence-corrected chi connectivity index (χ0v) is 19.4. The van der Waals surface area contributed by atoms with Crippen LogP contribution in [0.4, 0.5) is 0 Å². The molecule has 0 aliphatic rings. The van der Waals surface area contributed by atoms with Gasteiger partial charge in [0.15, 0.2) is 5.41 Å². The van der Waals surface area contributed by atoms with E-state index in [0.717, 1.165) is 22.3 Å². The number of rotatable bonds is 9. The van der Waals surface area contributed by atoms with Crippen LogP contribution in [0.5, 0.6) is 5.75 Å². The number of carbonyl (C=O) groups excluding carboxylic acids is 2. The number of ether oxygens (including phenoxy) is 2. The van der Waals surface area contributed by atoms with Gasteiger partial charge in [0.2, 0.25) is 0 Å². The molecule has 5 nitrogen and oxygen atoms in total. The Labute approximate surface area is 196 Å². The second kappa shape index (κ2) is 10.8. The topological polar surface area (TPSA) is 55.8 Å². The third kappa shape index (κ3) is 6.46. The third-order valence-corrected chi connectivity index (χ3v) is 5.46. The minimum atomic E-state index is -0.436. The Bertz CT molecular complexity index is 1060. The first kappa shape index (κ1) is 24.1. The summed E-state index contributed by atoms with van der Waals surface area (Å²) in [5, 5.41) is 0. The molecule has 170 valence electrons. The maximum Gasteiger partial charge on any atom is 0.325 e. The van der Waals surface area contributed by atoms with Gasteiger partial charge in [0.1, 0.15) is 5.75 Å². The normalized spacial score (nSPS) is 12.7. The maximum atomic E-state index is 12.1. The fourth-order valence-electron chi connectivity index (χ4n) is 3.59. The maximum absolute atomic E-state index is 12.1. The molecule has 0 spiro atoms. The van der Waals surface area contributed by atoms with E-state index in [4.69, 9.17) is 9.47 Å². The summed E-state index contributed by atoms with van der Waals surface area (Å²) in [6.45, 7) is 8.62. The van der Waals surface area contributed by atoms with E-state index in [1.54, 1.807) is 31.0 Å². The van der Waals surface area contributed by atoms with Crippen molar-refractivity contribution in [2.75, 3.05) is 26.7 Å². The van der Waals surface area contributed by atoms with Crippen molar-refractivity contribution in [3.8, 4) is 16.9 Å². The Kier molecular flexibility index (Phi) is 7.91. The van der Waals surface area contributed by atoms with Crippen LogP contribution in [0.15, 0.2) is 78.9 Å². The van der Waals surface area contributed by atoms with Crippen molar-refractivity contribution < 1.29 is 19.1 Å². The number of carbonyl (C=O) groups is 2. The zero-order valence-electron chi connectivity index (χ0n) is 19.4. The number of hydrogen-bond donors (Lipinski definition) is 0. The monoisotopic (exact) mass is 444 g/mol. The molecule has 0 aliphatic heterocycles. The van der Waals surface area contributed by atoms with E-state index < -0.39 is 5.97 Å². The Morgan fingerprint density at radius 2 is 1.33 bits per heavy atom. The van der Waals surface area contributed by atoms with Gasteiger partial charge in [-0.25, -0.2) is 0 Å². The Balaban J connectivity index is 1.61. The lowest BCUT2D eigenvalue weighted by Gasteiger charge is -2.19. The smallest absolute Gasteiger partial charge is 0.325 e. The molecule has 0 amide bonds. The van der Waals surface area contributed by atoms with Crippen LogP contribution in [-0.4, -0.2) is 43.6 Å². The molecule has 0 N–H and O–H groups in total. The summed E-state index contributed by atoms with van der Waals surface area (Å²) < 4.78 is 10.3. The predicted octanol–water partition coefficient (Wildman–Crippen LogP) is 4.89. The molecule has 1 unspecified atom stereocenters. The first-order chi connectivity index (χ1) is 15.8. The SMILES string of the molecule is [CH2+]C(C)(c1ccccc1)c1ccc(-c2ccc(OC(=O)CN(C)CC(=O)OCC)cc2)cc1. The summed E-state index contributed by atoms with van der Waals surface area (Å²) in [7, 11) is 1.67. The van der Waals surface area contributed by atoms with Crippen LogP contribution in [-0.2, 0) is 19.7 Å². The molecule has 0 bridgehead atoms. The fraction of sp³-hybridized carbons (Fsp3) is 0.250. The van der Waals surface area contributed by atoms with Gasteiger partial charge in [0.05, 0.1) is 26.6 Å². The summed E-state index contributed by atoms with van der Waals surface area (Å²) in [6.07, 6.45) is 0. The van der Waals surface area contributed by atoms with Crippen molar-refractivity contribution in [3.63, 3.8) is 0 Å². The largest absolute Gasteiger partial charge is 0.465 e. The Morgan fingerprint density at radius 1 is 0.818 bits per heavy atom. The zero-order chi connectivity index (χ0) is 23.8. The van der Waals surface area contributed by atoms with Crippen molar-refractivity contribution in [2.24, 2.45) is 0 Å². The average Bonchev–Trinajstić information content (AvgIpc) is 2.80. The molecule has 0 aliphatic carbocycles. The van der Waals surface area contributed by atoms with Crippen molar-refractivity contribution in [2.45, 2.75) is 19.3 Å². The molecule has 5 heteroatoms. The molecule has 0 heterocycles. The summed E-state index contributed by atoms with van der Waals surface area (Å²) in [5.41, 5.74) is 4.05. The lowest BCUT2D eigenvalue weighted by Crippen LogP contribution is -2.33. The lowest BCUT2D eigenvalue weighted by molar-refractivity contribution is -0.145. The van der Waals surface area contributed by atoms with E-state index in [1.165, 1.54) is 0 Å². The van der Waals surface area contributed by atoms with E-state index in [9.17, 15) is 9.59 Å². The molecule has 0 aromatic heterocycles. The van der Waals surface area contributed by atoms with E-state index in [1.807, 2.05) is 30.3 Å². The first-order valence-corrected chi connectivity index (χ1v) is 11.0. The number of esters is 2. The quantitative estimate of drug-likeness (QED) is 0.267. The van der Waals surface area contributed by atoms with Gasteiger partial charge in [-0.1, -0.05) is 66.7 Å². The van der Waals surface area contributed by atoms with Crippen LogP contribution in [0, 0.1) is 6.92 Å². The molecule has 33 heavy (non-hydrogen) atoms. The Morgan fingerprint density at radius 3 is 1.91 bits per heavy atom. The number of benzene rings is 3. The predicted molar refractivity (Wildman–Crippen MR) is 130 cm³/mol. The second-order valence-corrected chi connectivity index (χ2v) is 8.25. The standard InChI is InChI=1S/C28H30NO4/c1-5-32-26(30)19-29(4)20-27(31)33-25-17-13-22(14-18-25)21-11-15-24(16-12-21)28(2,3)23-9-7-6-8-10-23/h6-18H,2,5,19-20H2,1,3-4H3/q+1. The molecular formula is C28H30NO4+. The molecule has 1 atom stereocenters. The van der Waals surface area contributed by atoms with Gasteiger partial charge >= 0.3 is 11.9 Å². The van der Waals surface area contributed by atoms with Crippen molar-refractivity contribution >= 4 is 11.9 Å². The van der Waals surface area contributed by atoms with Gasteiger partial charge in [-0.15, -0.1) is 0 Å². The highest BCUT2D eigenvalue weighted by atomic mass is 16.5. The average molecular weight is 445 g/mol. The van der Waals surface area contributed by atoms with Crippen LogP contribution in [0.2, 0.25) is 0 Å². The summed E-state index contributed by atoms with van der Waals surface area (Å²) >= 11 is 0. The highest BCUT2D eigenvalue weighted by Crippen LogP contribution is 2.32. The van der Waals surface area contributed by atoms with Crippen LogP contribution in [0.25, 0.3) is 11.1 Å². The van der Waals surface area contributed by atoms with Crippen molar-refractivity contribution in [1.82, 2.24) is 4.90 Å². The number of likely N-dealkylation sites (N-methyl/N-ethyl adjacent to an activating group) is 1. The van der Waals surface area contributed by atoms with Gasteiger partial charge in [0, 0.05) is 11.1 Å². The van der Waals surface area contributed by atoms with Crippen LogP contribution < -0.4 is 4.74 Å². The lowest BCUT2D eigenvalue weighted by atomic mass is 9.78. The van der Waals surface area contributed by atoms with Crippen LogP contribution >= 0.6 is 0 Å². The summed E-state index contributed by atoms with van der Waals surface area (Å²) in [5.74, 6) is -0.347. The van der Waals surface area contributed by atoms with Crippen LogP contribution in [0.1, 0.15) is 25.0 Å². The fourth-order valence-corrected chi connectivity index (χ4v) is 3.59. The van der Waals surface area contributed by atoms with Gasteiger partial charge in [-0.2, -0.15) is 0 Å². The molecule has 0 fully saturated rings. The summed E-state index contributed by atoms with van der Waals surface area (Å²) in [4.78, 5) is 25.2. The van der Waals surface area contributed by atoms with Gasteiger partial charge in [-0.3, -0.25) is 14.5 Å². The van der Waals surface area contributed by atoms with Gasteiger partial charge in [0.25, 0.3) is 0 Å². The Hall–Kier alpha value is -3.57. The first-order valence-electron chi connectivity index (χ1n) is 11.0. The number of nitrogens with zero attached hydrogens (tertiary/aromatic N) is 1. The van der Waals surface area contributed by atoms with E-state index in [0.29, 0.717) is 12.4 Å². The summed E-state index contributed by atoms with van der Waals surface area (Å²) in [6, 6.07) is 26.0. The highest BCUT2D eigenvalue weighted by Gasteiger charge is 2.30. The van der Waals surface area contributed by atoms with Crippen LogP contribution in [0.3, 0.4) is 0 Å². The number of hydrogen-bond acceptors (Lipinski definition) is 5.